The summed E-state index contributed by atoms with van der Waals surface area (Å²) in [5, 5.41) is 7.12. The van der Waals surface area contributed by atoms with Crippen molar-refractivity contribution in [1.29, 1.82) is 0 Å². The number of aromatic amines is 1. The molecule has 0 saturated heterocycles. The number of amides is 1. The summed E-state index contributed by atoms with van der Waals surface area (Å²) >= 11 is 1.38. The molecule has 0 saturated carbocycles. The molecule has 2 heterocycles. The summed E-state index contributed by atoms with van der Waals surface area (Å²) in [4.78, 5) is 33.1. The Hall–Kier alpha value is -2.79. The maximum Gasteiger partial charge on any atom is 0.407 e. The van der Waals surface area contributed by atoms with Crippen LogP contribution in [0.1, 0.15) is 46.7 Å². The number of nitrogens with zero attached hydrogens (tertiary/aromatic N) is 1. The fraction of sp³-hybridized carbons (Fsp3) is 0.458. The topological polar surface area (TPSA) is 115 Å². The van der Waals surface area contributed by atoms with Gasteiger partial charge in [0, 0.05) is 35.1 Å². The third-order valence-corrected chi connectivity index (χ3v) is 5.71. The monoisotopic (exact) mass is 488 g/mol. The van der Waals surface area contributed by atoms with Crippen molar-refractivity contribution < 1.29 is 23.8 Å². The van der Waals surface area contributed by atoms with E-state index in [4.69, 9.17) is 14.2 Å². The number of fused-ring (bicyclic) bond motifs is 1. The number of carbonyl (C=O) groups excluding carboxylic acids is 2. The first-order chi connectivity index (χ1) is 16.2. The summed E-state index contributed by atoms with van der Waals surface area (Å²) in [6.07, 6.45) is 1.28. The minimum absolute atomic E-state index is 0.0896. The number of alkyl carbamates (subject to hydrolysis) is 1. The highest BCUT2D eigenvalue weighted by atomic mass is 32.1. The highest BCUT2D eigenvalue weighted by Crippen LogP contribution is 2.25. The first-order valence-corrected chi connectivity index (χ1v) is 12.0. The van der Waals surface area contributed by atoms with Gasteiger partial charge in [-0.3, -0.25) is 10.1 Å². The van der Waals surface area contributed by atoms with Gasteiger partial charge in [-0.15, -0.1) is 11.3 Å². The van der Waals surface area contributed by atoms with Crippen molar-refractivity contribution >= 4 is 34.1 Å². The van der Waals surface area contributed by atoms with Crippen LogP contribution in [0.2, 0.25) is 0 Å². The molecule has 184 valence electrons. The van der Waals surface area contributed by atoms with E-state index in [-0.39, 0.29) is 5.78 Å². The Morgan fingerprint density at radius 1 is 1.12 bits per heavy atom. The second-order valence-corrected chi connectivity index (χ2v) is 9.84. The maximum atomic E-state index is 12.9. The molecular formula is C24H32N4O5S. The van der Waals surface area contributed by atoms with Gasteiger partial charge in [-0.1, -0.05) is 18.2 Å². The third kappa shape index (κ3) is 7.63. The normalized spacial score (nSPS) is 11.6. The lowest BCUT2D eigenvalue weighted by molar-refractivity contribution is 0.0495. The Kier molecular flexibility index (Phi) is 9.17. The van der Waals surface area contributed by atoms with Gasteiger partial charge >= 0.3 is 6.09 Å². The number of aromatic nitrogens is 2. The largest absolute Gasteiger partial charge is 0.444 e. The molecule has 1 aromatic carbocycles. The van der Waals surface area contributed by atoms with E-state index in [0.29, 0.717) is 50.2 Å². The Labute approximate surface area is 203 Å². The molecule has 0 aliphatic carbocycles. The summed E-state index contributed by atoms with van der Waals surface area (Å²) in [6, 6.07) is 7.71. The molecule has 0 aliphatic heterocycles. The van der Waals surface area contributed by atoms with Crippen molar-refractivity contribution in [2.24, 2.45) is 0 Å². The van der Waals surface area contributed by atoms with Crippen LogP contribution in [-0.2, 0) is 20.8 Å². The number of ether oxygens (including phenoxy) is 3. The number of para-hydroxylation sites is 1. The molecule has 0 radical (unpaired) electrons. The zero-order valence-electron chi connectivity index (χ0n) is 20.0. The molecule has 0 fully saturated rings. The van der Waals surface area contributed by atoms with Gasteiger partial charge in [0.15, 0.2) is 5.01 Å². The van der Waals surface area contributed by atoms with E-state index in [1.54, 1.807) is 6.20 Å². The van der Waals surface area contributed by atoms with Crippen LogP contribution in [0.5, 0.6) is 0 Å². The lowest BCUT2D eigenvalue weighted by Gasteiger charge is -2.19. The molecule has 9 nitrogen and oxygen atoms in total. The zero-order valence-corrected chi connectivity index (χ0v) is 20.8. The Morgan fingerprint density at radius 2 is 1.88 bits per heavy atom. The van der Waals surface area contributed by atoms with Crippen molar-refractivity contribution in [2.75, 3.05) is 33.0 Å². The summed E-state index contributed by atoms with van der Waals surface area (Å²) < 4.78 is 16.2. The number of rotatable bonds is 12. The number of thiazole rings is 1. The van der Waals surface area contributed by atoms with Gasteiger partial charge in [0.2, 0.25) is 5.78 Å². The molecule has 3 N–H and O–H groups in total. The average Bonchev–Trinajstić information content (AvgIpc) is 3.37. The molecule has 3 rings (SSSR count). The third-order valence-electron chi connectivity index (χ3n) is 4.70. The van der Waals surface area contributed by atoms with Crippen LogP contribution in [-0.4, -0.2) is 60.5 Å². The predicted molar refractivity (Wildman–Crippen MR) is 131 cm³/mol. The lowest BCUT2D eigenvalue weighted by Crippen LogP contribution is -2.34. The van der Waals surface area contributed by atoms with Gasteiger partial charge in [-0.25, -0.2) is 9.78 Å². The number of hydrogen-bond acceptors (Lipinski definition) is 8. The van der Waals surface area contributed by atoms with Crippen molar-refractivity contribution in [3.63, 3.8) is 0 Å². The van der Waals surface area contributed by atoms with Gasteiger partial charge in [0.1, 0.15) is 5.60 Å². The second kappa shape index (κ2) is 12.1. The van der Waals surface area contributed by atoms with Gasteiger partial charge in [-0.2, -0.15) is 0 Å². The Morgan fingerprint density at radius 3 is 2.68 bits per heavy atom. The van der Waals surface area contributed by atoms with E-state index >= 15 is 0 Å². The number of H-pyrrole nitrogens is 1. The van der Waals surface area contributed by atoms with Crippen LogP contribution in [0.15, 0.2) is 30.5 Å². The SMILES string of the molecule is Cc1sc(C(=O)c2c[nH]c3ccccc23)nc1COCNCCOCCNC(=O)OC(C)(C)C. The molecule has 0 atom stereocenters. The van der Waals surface area contributed by atoms with Crippen molar-refractivity contribution in [3.05, 3.63) is 51.6 Å². The maximum absolute atomic E-state index is 12.9. The van der Waals surface area contributed by atoms with E-state index in [9.17, 15) is 9.59 Å². The standard InChI is InChI=1S/C24H32N4O5S/c1-16-20(14-32-15-25-9-11-31-12-10-26-23(30)33-24(2,3)4)28-22(34-16)21(29)18-13-27-19-8-6-5-7-17(18)19/h5-8,13,25,27H,9-12,14-15H2,1-4H3,(H,26,30). The summed E-state index contributed by atoms with van der Waals surface area (Å²) in [7, 11) is 0. The minimum Gasteiger partial charge on any atom is -0.444 e. The second-order valence-electron chi connectivity index (χ2n) is 8.63. The van der Waals surface area contributed by atoms with E-state index < -0.39 is 11.7 Å². The predicted octanol–water partition coefficient (Wildman–Crippen LogP) is 3.77. The van der Waals surface area contributed by atoms with Crippen LogP contribution in [0, 0.1) is 6.92 Å². The van der Waals surface area contributed by atoms with Crippen LogP contribution < -0.4 is 10.6 Å². The van der Waals surface area contributed by atoms with Gasteiger partial charge in [0.25, 0.3) is 0 Å². The summed E-state index contributed by atoms with van der Waals surface area (Å²) in [5.41, 5.74) is 1.80. The molecule has 0 aliphatic rings. The van der Waals surface area contributed by atoms with Gasteiger partial charge in [-0.05, 0) is 33.8 Å². The number of carbonyl (C=O) groups is 2. The fourth-order valence-electron chi connectivity index (χ4n) is 3.11. The number of nitrogens with one attached hydrogen (secondary N) is 3. The molecule has 34 heavy (non-hydrogen) atoms. The average molecular weight is 489 g/mol. The number of ketones is 1. The number of aryl methyl sites for hydroxylation is 1. The zero-order chi connectivity index (χ0) is 24.6. The van der Waals surface area contributed by atoms with E-state index in [1.807, 2.05) is 52.0 Å². The quantitative estimate of drug-likeness (QED) is 0.202. The molecule has 1 amide bonds. The lowest BCUT2D eigenvalue weighted by atomic mass is 10.1. The number of hydrogen-bond donors (Lipinski definition) is 3. The molecule has 3 aromatic rings. The molecule has 10 heteroatoms. The van der Waals surface area contributed by atoms with Crippen LogP contribution in [0.3, 0.4) is 0 Å². The van der Waals surface area contributed by atoms with E-state index in [0.717, 1.165) is 21.5 Å². The van der Waals surface area contributed by atoms with E-state index in [1.165, 1.54) is 11.3 Å². The van der Waals surface area contributed by atoms with Crippen molar-refractivity contribution in [3.8, 4) is 0 Å². The first-order valence-electron chi connectivity index (χ1n) is 11.1. The first kappa shape index (κ1) is 25.8. The summed E-state index contributed by atoms with van der Waals surface area (Å²) in [5.74, 6) is -0.0896. The highest BCUT2D eigenvalue weighted by molar-refractivity contribution is 7.13. The van der Waals surface area contributed by atoms with E-state index in [2.05, 4.69) is 20.6 Å². The molecule has 2 aromatic heterocycles. The fourth-order valence-corrected chi connectivity index (χ4v) is 3.98. The Bertz CT molecular complexity index is 1100. The summed E-state index contributed by atoms with van der Waals surface area (Å²) in [6.45, 7) is 9.91. The number of benzene rings is 1. The van der Waals surface area contributed by atoms with Crippen molar-refractivity contribution in [1.82, 2.24) is 20.6 Å². The molecular weight excluding hydrogens is 456 g/mol. The molecule has 0 spiro atoms. The smallest absolute Gasteiger partial charge is 0.407 e. The van der Waals surface area contributed by atoms with Crippen LogP contribution in [0.4, 0.5) is 4.79 Å². The molecule has 0 bridgehead atoms. The van der Waals surface area contributed by atoms with Crippen molar-refractivity contribution in [2.45, 2.75) is 39.9 Å². The highest BCUT2D eigenvalue weighted by Gasteiger charge is 2.19. The minimum atomic E-state index is -0.514. The molecule has 0 unspecified atom stereocenters. The van der Waals surface area contributed by atoms with Gasteiger partial charge in [0.05, 0.1) is 37.8 Å². The van der Waals surface area contributed by atoms with Crippen LogP contribution >= 0.6 is 11.3 Å². The van der Waals surface area contributed by atoms with Gasteiger partial charge < -0.3 is 24.5 Å². The Balaban J connectivity index is 1.31. The van der Waals surface area contributed by atoms with Crippen LogP contribution in [0.25, 0.3) is 10.9 Å².